The van der Waals surface area contributed by atoms with Crippen LogP contribution in [-0.2, 0) is 12.8 Å². The molecule has 0 heterocycles. The zero-order chi connectivity index (χ0) is 14.8. The third-order valence-electron chi connectivity index (χ3n) is 4.10. The number of nitrogens with one attached hydrogen (secondary N) is 1. The van der Waals surface area contributed by atoms with E-state index in [9.17, 15) is 5.26 Å². The van der Waals surface area contributed by atoms with Crippen molar-refractivity contribution in [2.45, 2.75) is 32.2 Å². The molecule has 1 aliphatic carbocycles. The molecule has 3 rings (SSSR count). The van der Waals surface area contributed by atoms with E-state index in [0.717, 1.165) is 10.2 Å². The van der Waals surface area contributed by atoms with Crippen molar-refractivity contribution in [2.24, 2.45) is 0 Å². The first-order chi connectivity index (χ1) is 10.2. The Balaban J connectivity index is 1.85. The number of nitriles is 1. The molecule has 0 saturated heterocycles. The average molecular weight is 341 g/mol. The molecule has 0 aromatic heterocycles. The number of nitrogens with zero attached hydrogens (tertiary/aromatic N) is 1. The molecule has 1 atom stereocenters. The van der Waals surface area contributed by atoms with Crippen LogP contribution < -0.4 is 5.32 Å². The number of benzene rings is 2. The van der Waals surface area contributed by atoms with Gasteiger partial charge in [-0.3, -0.25) is 0 Å². The number of fused-ring (bicyclic) bond motifs is 1. The summed E-state index contributed by atoms with van der Waals surface area (Å²) in [5.41, 5.74) is 5.80. The van der Waals surface area contributed by atoms with Gasteiger partial charge in [0.05, 0.1) is 11.3 Å². The summed E-state index contributed by atoms with van der Waals surface area (Å²) in [6, 6.07) is 14.9. The van der Waals surface area contributed by atoms with E-state index in [-0.39, 0.29) is 6.04 Å². The van der Waals surface area contributed by atoms with Gasteiger partial charge in [0.25, 0.3) is 0 Å². The molecule has 2 nitrogen and oxygen atoms in total. The van der Waals surface area contributed by atoms with Crippen LogP contribution in [0, 0.1) is 11.3 Å². The van der Waals surface area contributed by atoms with E-state index >= 15 is 0 Å². The first-order valence-corrected chi connectivity index (χ1v) is 8.04. The minimum Gasteiger partial charge on any atom is -0.377 e. The minimum absolute atomic E-state index is 0.178. The molecule has 1 aliphatic rings. The van der Waals surface area contributed by atoms with Crippen LogP contribution in [0.3, 0.4) is 0 Å². The Morgan fingerprint density at radius 3 is 2.76 bits per heavy atom. The quantitative estimate of drug-likeness (QED) is 0.854. The van der Waals surface area contributed by atoms with Crippen LogP contribution >= 0.6 is 15.9 Å². The monoisotopic (exact) mass is 340 g/mol. The summed E-state index contributed by atoms with van der Waals surface area (Å²) >= 11 is 3.46. The molecular weight excluding hydrogens is 324 g/mol. The molecule has 0 spiro atoms. The van der Waals surface area contributed by atoms with Gasteiger partial charge in [0.2, 0.25) is 0 Å². The zero-order valence-electron chi connectivity index (χ0n) is 12.0. The molecule has 1 N–H and O–H groups in total. The topological polar surface area (TPSA) is 35.8 Å². The van der Waals surface area contributed by atoms with E-state index in [2.05, 4.69) is 52.4 Å². The lowest BCUT2D eigenvalue weighted by Gasteiger charge is -2.18. The molecule has 2 aromatic rings. The maximum absolute atomic E-state index is 9.21. The maximum Gasteiger partial charge on any atom is 0.101 e. The second-order valence-corrected chi connectivity index (χ2v) is 6.47. The lowest BCUT2D eigenvalue weighted by Crippen LogP contribution is -2.08. The Bertz CT molecular complexity index is 716. The maximum atomic E-state index is 9.21. The van der Waals surface area contributed by atoms with Crippen molar-refractivity contribution < 1.29 is 0 Å². The fourth-order valence-corrected chi connectivity index (χ4v) is 3.27. The van der Waals surface area contributed by atoms with Gasteiger partial charge in [0.15, 0.2) is 0 Å². The Morgan fingerprint density at radius 1 is 1.14 bits per heavy atom. The normalized spacial score (nSPS) is 14.3. The highest BCUT2D eigenvalue weighted by molar-refractivity contribution is 9.10. The van der Waals surface area contributed by atoms with Crippen LogP contribution in [0.5, 0.6) is 0 Å². The summed E-state index contributed by atoms with van der Waals surface area (Å²) in [5.74, 6) is 0. The van der Waals surface area contributed by atoms with E-state index < -0.39 is 0 Å². The van der Waals surface area contributed by atoms with Crippen LogP contribution in [-0.4, -0.2) is 0 Å². The average Bonchev–Trinajstić information content (AvgIpc) is 2.94. The second kappa shape index (κ2) is 5.91. The fraction of sp³-hybridized carbons (Fsp3) is 0.278. The first kappa shape index (κ1) is 14.2. The highest BCUT2D eigenvalue weighted by Gasteiger charge is 2.14. The van der Waals surface area contributed by atoms with Crippen molar-refractivity contribution in [1.82, 2.24) is 0 Å². The van der Waals surface area contributed by atoms with Crippen LogP contribution in [0.2, 0.25) is 0 Å². The molecule has 0 amide bonds. The summed E-state index contributed by atoms with van der Waals surface area (Å²) in [6.45, 7) is 2.14. The van der Waals surface area contributed by atoms with Gasteiger partial charge < -0.3 is 5.32 Å². The van der Waals surface area contributed by atoms with Gasteiger partial charge in [0, 0.05) is 10.5 Å². The SMILES string of the molecule is CC(Nc1cc(Br)ccc1C#N)c1ccc2c(c1)CCC2. The Morgan fingerprint density at radius 2 is 1.95 bits per heavy atom. The standard InChI is InChI=1S/C18H17BrN2/c1-12(14-6-5-13-3-2-4-15(13)9-14)21-18-10-17(19)8-7-16(18)11-20/h5-10,12,21H,2-4H2,1H3. The molecule has 106 valence electrons. The van der Waals surface area contributed by atoms with E-state index in [1.165, 1.54) is 36.0 Å². The molecule has 0 bridgehead atoms. The molecule has 0 saturated carbocycles. The third kappa shape index (κ3) is 2.96. The smallest absolute Gasteiger partial charge is 0.101 e. The molecule has 2 aromatic carbocycles. The van der Waals surface area contributed by atoms with Crippen molar-refractivity contribution >= 4 is 21.6 Å². The van der Waals surface area contributed by atoms with Crippen molar-refractivity contribution in [3.05, 3.63) is 63.1 Å². The van der Waals surface area contributed by atoms with Gasteiger partial charge in [0.1, 0.15) is 6.07 Å². The zero-order valence-corrected chi connectivity index (χ0v) is 13.6. The number of halogens is 1. The summed E-state index contributed by atoms with van der Waals surface area (Å²) in [5, 5.41) is 12.7. The number of hydrogen-bond donors (Lipinski definition) is 1. The van der Waals surface area contributed by atoms with Gasteiger partial charge >= 0.3 is 0 Å². The molecular formula is C18H17BrN2. The van der Waals surface area contributed by atoms with Gasteiger partial charge in [-0.05, 0) is 61.1 Å². The fourth-order valence-electron chi connectivity index (χ4n) is 2.91. The summed E-state index contributed by atoms with van der Waals surface area (Å²) < 4.78 is 0.977. The highest BCUT2D eigenvalue weighted by Crippen LogP contribution is 2.29. The predicted molar refractivity (Wildman–Crippen MR) is 89.4 cm³/mol. The third-order valence-corrected chi connectivity index (χ3v) is 4.59. The van der Waals surface area contributed by atoms with Crippen LogP contribution in [0.15, 0.2) is 40.9 Å². The Kier molecular flexibility index (Phi) is 3.98. The van der Waals surface area contributed by atoms with Crippen LogP contribution in [0.1, 0.15) is 41.6 Å². The lowest BCUT2D eigenvalue weighted by atomic mass is 10.0. The van der Waals surface area contributed by atoms with E-state index in [1.54, 1.807) is 0 Å². The van der Waals surface area contributed by atoms with E-state index in [4.69, 9.17) is 0 Å². The van der Waals surface area contributed by atoms with Gasteiger partial charge in [-0.15, -0.1) is 0 Å². The molecule has 1 unspecified atom stereocenters. The van der Waals surface area contributed by atoms with Gasteiger partial charge in [-0.25, -0.2) is 0 Å². The number of aryl methyl sites for hydroxylation is 2. The number of hydrogen-bond acceptors (Lipinski definition) is 2. The molecule has 0 aliphatic heterocycles. The summed E-state index contributed by atoms with van der Waals surface area (Å²) in [7, 11) is 0. The first-order valence-electron chi connectivity index (χ1n) is 7.25. The molecule has 0 fully saturated rings. The van der Waals surface area contributed by atoms with Crippen molar-refractivity contribution in [3.63, 3.8) is 0 Å². The van der Waals surface area contributed by atoms with Crippen molar-refractivity contribution in [1.29, 1.82) is 5.26 Å². The molecule has 3 heteroatoms. The van der Waals surface area contributed by atoms with Crippen molar-refractivity contribution in [3.8, 4) is 6.07 Å². The summed E-state index contributed by atoms with van der Waals surface area (Å²) in [6.07, 6.45) is 3.67. The van der Waals surface area contributed by atoms with Crippen LogP contribution in [0.25, 0.3) is 0 Å². The second-order valence-electron chi connectivity index (χ2n) is 5.55. The molecule has 21 heavy (non-hydrogen) atoms. The molecule has 0 radical (unpaired) electrons. The number of rotatable bonds is 3. The van der Waals surface area contributed by atoms with Crippen molar-refractivity contribution in [2.75, 3.05) is 5.32 Å². The van der Waals surface area contributed by atoms with Gasteiger partial charge in [-0.1, -0.05) is 34.1 Å². The number of anilines is 1. The van der Waals surface area contributed by atoms with E-state index in [1.807, 2.05) is 18.2 Å². The largest absolute Gasteiger partial charge is 0.377 e. The predicted octanol–water partition coefficient (Wildman–Crippen LogP) is 4.98. The lowest BCUT2D eigenvalue weighted by molar-refractivity contribution is 0.878. The summed E-state index contributed by atoms with van der Waals surface area (Å²) in [4.78, 5) is 0. The minimum atomic E-state index is 0.178. The highest BCUT2D eigenvalue weighted by atomic mass is 79.9. The Labute approximate surface area is 133 Å². The Hall–Kier alpha value is -1.79. The van der Waals surface area contributed by atoms with E-state index in [0.29, 0.717) is 5.56 Å². The van der Waals surface area contributed by atoms with Crippen LogP contribution in [0.4, 0.5) is 5.69 Å². The van der Waals surface area contributed by atoms with Gasteiger partial charge in [-0.2, -0.15) is 5.26 Å².